The molecule has 7 heteroatoms. The monoisotopic (exact) mass is 477 g/mol. The van der Waals surface area contributed by atoms with Crippen LogP contribution in [0.5, 0.6) is 5.75 Å². The molecule has 1 atom stereocenters. The fourth-order valence-electron chi connectivity index (χ4n) is 2.95. The second-order valence-corrected chi connectivity index (χ2v) is 6.55. The third-order valence-electron chi connectivity index (χ3n) is 4.51. The zero-order chi connectivity index (χ0) is 18.0. The molecule has 0 aliphatic carbocycles. The summed E-state index contributed by atoms with van der Waals surface area (Å²) in [6.07, 6.45) is 2.71. The predicted octanol–water partition coefficient (Wildman–Crippen LogP) is 2.55. The number of hydrogen-bond donors (Lipinski definition) is 3. The summed E-state index contributed by atoms with van der Waals surface area (Å²) in [6, 6.07) is 8.10. The van der Waals surface area contributed by atoms with Gasteiger partial charge in [-0.1, -0.05) is 19.1 Å². The van der Waals surface area contributed by atoms with E-state index in [1.54, 1.807) is 7.05 Å². The van der Waals surface area contributed by atoms with Crippen molar-refractivity contribution in [2.24, 2.45) is 10.4 Å². The number of nitrogens with one attached hydrogen (secondary N) is 2. The van der Waals surface area contributed by atoms with Gasteiger partial charge >= 0.3 is 0 Å². The second kappa shape index (κ2) is 12.3. The highest BCUT2D eigenvalue weighted by molar-refractivity contribution is 14.0. The summed E-state index contributed by atoms with van der Waals surface area (Å²) in [5.41, 5.74) is 1.14. The maximum atomic E-state index is 9.31. The summed E-state index contributed by atoms with van der Waals surface area (Å²) in [5, 5.41) is 16.0. The number of guanidine groups is 1. The highest BCUT2D eigenvalue weighted by atomic mass is 127. The first kappa shape index (κ1) is 23.0. The molecule has 1 aliphatic heterocycles. The third-order valence-corrected chi connectivity index (χ3v) is 4.51. The van der Waals surface area contributed by atoms with Gasteiger partial charge in [0.1, 0.15) is 5.75 Å². The van der Waals surface area contributed by atoms with Crippen molar-refractivity contribution in [3.05, 3.63) is 29.8 Å². The Kier molecular flexibility index (Phi) is 10.9. The molecular weight excluding hydrogens is 445 g/mol. The van der Waals surface area contributed by atoms with E-state index in [1.165, 1.54) is 0 Å². The lowest BCUT2D eigenvalue weighted by molar-refractivity contribution is 0.127. The zero-order valence-electron chi connectivity index (χ0n) is 15.8. The summed E-state index contributed by atoms with van der Waals surface area (Å²) in [4.78, 5) is 4.29. The Bertz CT molecular complexity index is 549. The van der Waals surface area contributed by atoms with Crippen molar-refractivity contribution < 1.29 is 14.6 Å². The number of hydrogen-bond acceptors (Lipinski definition) is 4. The van der Waals surface area contributed by atoms with Gasteiger partial charge in [0.15, 0.2) is 5.96 Å². The standard InChI is InChI=1S/C19H31N3O3.HI/c1-3-10-25-17-6-4-5-16(12-17)13-21-18(20-2)22-14-19(7-9-23)8-11-24-15-19;/h4-6,12,23H,3,7-11,13-15H2,1-2H3,(H2,20,21,22);1H. The number of nitrogens with zero attached hydrogens (tertiary/aromatic N) is 1. The van der Waals surface area contributed by atoms with Crippen LogP contribution in [0.25, 0.3) is 0 Å². The Morgan fingerprint density at radius 3 is 2.88 bits per heavy atom. The molecule has 1 aromatic rings. The molecule has 1 unspecified atom stereocenters. The Hall–Kier alpha value is -1.06. The SMILES string of the molecule is CCCOc1cccc(CNC(=NC)NCC2(CCO)CCOC2)c1.I. The topological polar surface area (TPSA) is 75.1 Å². The number of aliphatic hydroxyl groups is 1. The van der Waals surface area contributed by atoms with Gasteiger partial charge in [0.2, 0.25) is 0 Å². The largest absolute Gasteiger partial charge is 0.494 e. The van der Waals surface area contributed by atoms with Crippen molar-refractivity contribution in [1.29, 1.82) is 0 Å². The van der Waals surface area contributed by atoms with E-state index in [1.807, 2.05) is 18.2 Å². The molecule has 0 radical (unpaired) electrons. The van der Waals surface area contributed by atoms with Crippen molar-refractivity contribution >= 4 is 29.9 Å². The maximum Gasteiger partial charge on any atom is 0.191 e. The normalized spacial score (nSPS) is 19.7. The van der Waals surface area contributed by atoms with E-state index in [0.29, 0.717) is 13.2 Å². The summed E-state index contributed by atoms with van der Waals surface area (Å²) in [6.45, 7) is 5.88. The Morgan fingerprint density at radius 1 is 1.38 bits per heavy atom. The molecule has 1 aliphatic rings. The molecule has 26 heavy (non-hydrogen) atoms. The van der Waals surface area contributed by atoms with Crippen LogP contribution in [0.3, 0.4) is 0 Å². The first-order valence-electron chi connectivity index (χ1n) is 9.06. The van der Waals surface area contributed by atoms with E-state index in [2.05, 4.69) is 28.6 Å². The van der Waals surface area contributed by atoms with Gasteiger partial charge in [-0.25, -0.2) is 0 Å². The highest BCUT2D eigenvalue weighted by Gasteiger charge is 2.34. The number of benzene rings is 1. The lowest BCUT2D eigenvalue weighted by Gasteiger charge is -2.27. The van der Waals surface area contributed by atoms with Gasteiger partial charge < -0.3 is 25.2 Å². The molecule has 0 amide bonds. The van der Waals surface area contributed by atoms with Gasteiger partial charge in [-0.2, -0.15) is 0 Å². The lowest BCUT2D eigenvalue weighted by Crippen LogP contribution is -2.44. The van der Waals surface area contributed by atoms with Crippen LogP contribution in [-0.2, 0) is 11.3 Å². The number of aliphatic imine (C=N–C) groups is 1. The smallest absolute Gasteiger partial charge is 0.191 e. The molecular formula is C19H32IN3O3. The lowest BCUT2D eigenvalue weighted by atomic mass is 9.84. The highest BCUT2D eigenvalue weighted by Crippen LogP contribution is 2.31. The average molecular weight is 477 g/mol. The average Bonchev–Trinajstić information content (AvgIpc) is 3.09. The molecule has 6 nitrogen and oxygen atoms in total. The van der Waals surface area contributed by atoms with E-state index >= 15 is 0 Å². The predicted molar refractivity (Wildman–Crippen MR) is 115 cm³/mol. The third kappa shape index (κ3) is 7.28. The van der Waals surface area contributed by atoms with E-state index in [-0.39, 0.29) is 36.0 Å². The van der Waals surface area contributed by atoms with Crippen LogP contribution in [0.15, 0.2) is 29.3 Å². The molecule has 148 valence electrons. The molecule has 1 fully saturated rings. The first-order chi connectivity index (χ1) is 12.2. The van der Waals surface area contributed by atoms with Crippen molar-refractivity contribution in [3.8, 4) is 5.75 Å². The van der Waals surface area contributed by atoms with Gasteiger partial charge in [-0.15, -0.1) is 24.0 Å². The maximum absolute atomic E-state index is 9.31. The van der Waals surface area contributed by atoms with Gasteiger partial charge in [-0.05, 0) is 37.0 Å². The Labute approximate surface area is 173 Å². The van der Waals surface area contributed by atoms with E-state index in [9.17, 15) is 5.11 Å². The van der Waals surface area contributed by atoms with E-state index in [4.69, 9.17) is 9.47 Å². The summed E-state index contributed by atoms with van der Waals surface area (Å²) >= 11 is 0. The van der Waals surface area contributed by atoms with Crippen LogP contribution in [0.4, 0.5) is 0 Å². The van der Waals surface area contributed by atoms with E-state index < -0.39 is 0 Å². The Morgan fingerprint density at radius 2 is 2.23 bits per heavy atom. The summed E-state index contributed by atoms with van der Waals surface area (Å²) in [5.74, 6) is 1.65. The van der Waals surface area contributed by atoms with Crippen molar-refractivity contribution in [2.45, 2.75) is 32.7 Å². The molecule has 0 aromatic heterocycles. The minimum atomic E-state index is 0. The fraction of sp³-hybridized carbons (Fsp3) is 0.632. The second-order valence-electron chi connectivity index (χ2n) is 6.55. The van der Waals surface area contributed by atoms with Crippen LogP contribution < -0.4 is 15.4 Å². The van der Waals surface area contributed by atoms with Crippen LogP contribution in [0.1, 0.15) is 31.7 Å². The van der Waals surface area contributed by atoms with Crippen LogP contribution in [-0.4, -0.2) is 51.1 Å². The molecule has 0 saturated carbocycles. The molecule has 1 heterocycles. The minimum Gasteiger partial charge on any atom is -0.494 e. The van der Waals surface area contributed by atoms with Crippen molar-refractivity contribution in [2.75, 3.05) is 40.0 Å². The van der Waals surface area contributed by atoms with Crippen LogP contribution >= 0.6 is 24.0 Å². The minimum absolute atomic E-state index is 0. The van der Waals surface area contributed by atoms with Gasteiger partial charge in [0, 0.05) is 38.8 Å². The van der Waals surface area contributed by atoms with Gasteiger partial charge in [0.25, 0.3) is 0 Å². The molecule has 0 bridgehead atoms. The van der Waals surface area contributed by atoms with Gasteiger partial charge in [-0.3, -0.25) is 4.99 Å². The summed E-state index contributed by atoms with van der Waals surface area (Å²) < 4.78 is 11.2. The molecule has 0 spiro atoms. The van der Waals surface area contributed by atoms with Crippen LogP contribution in [0, 0.1) is 5.41 Å². The zero-order valence-corrected chi connectivity index (χ0v) is 18.1. The molecule has 1 saturated heterocycles. The van der Waals surface area contributed by atoms with Crippen LogP contribution in [0.2, 0.25) is 0 Å². The first-order valence-corrected chi connectivity index (χ1v) is 9.06. The molecule has 1 aromatic carbocycles. The summed E-state index contributed by atoms with van der Waals surface area (Å²) in [7, 11) is 1.76. The Balaban J connectivity index is 0.00000338. The molecule has 2 rings (SSSR count). The number of rotatable bonds is 9. The van der Waals surface area contributed by atoms with Crippen molar-refractivity contribution in [1.82, 2.24) is 10.6 Å². The van der Waals surface area contributed by atoms with Crippen molar-refractivity contribution in [3.63, 3.8) is 0 Å². The van der Waals surface area contributed by atoms with E-state index in [0.717, 1.165) is 56.3 Å². The quantitative estimate of drug-likeness (QED) is 0.290. The number of aliphatic hydroxyl groups excluding tert-OH is 1. The number of halogens is 1. The van der Waals surface area contributed by atoms with Gasteiger partial charge in [0.05, 0.1) is 13.2 Å². The fourth-order valence-corrected chi connectivity index (χ4v) is 2.95. The molecule has 3 N–H and O–H groups in total. The number of ether oxygens (including phenoxy) is 2.